The Morgan fingerprint density at radius 1 is 1.27 bits per heavy atom. The summed E-state index contributed by atoms with van der Waals surface area (Å²) in [5.74, 6) is 0.271. The van der Waals surface area contributed by atoms with Crippen molar-refractivity contribution < 1.29 is 14.3 Å². The number of nitrogens with one attached hydrogen (secondary N) is 2. The molecule has 5 nitrogen and oxygen atoms in total. The topological polar surface area (TPSA) is 67.4 Å². The highest BCUT2D eigenvalue weighted by molar-refractivity contribution is 7.14. The molecule has 0 saturated heterocycles. The van der Waals surface area contributed by atoms with Crippen LogP contribution in [-0.4, -0.2) is 18.9 Å². The van der Waals surface area contributed by atoms with Crippen molar-refractivity contribution in [2.75, 3.05) is 12.4 Å². The number of rotatable bonds is 5. The van der Waals surface area contributed by atoms with Crippen LogP contribution < -0.4 is 15.4 Å². The Balaban J connectivity index is 2.04. The summed E-state index contributed by atoms with van der Waals surface area (Å²) in [7, 11) is 1.55. The lowest BCUT2D eigenvalue weighted by Crippen LogP contribution is -2.18. The Morgan fingerprint density at radius 2 is 2.05 bits per heavy atom. The van der Waals surface area contributed by atoms with Crippen LogP contribution in [0.5, 0.6) is 5.75 Å². The molecule has 0 bridgehead atoms. The molecule has 22 heavy (non-hydrogen) atoms. The lowest BCUT2D eigenvalue weighted by Gasteiger charge is -2.07. The Labute approximate surface area is 137 Å². The number of carbonyl (C=O) groups is 2. The minimum Gasteiger partial charge on any atom is -0.497 e. The van der Waals surface area contributed by atoms with Gasteiger partial charge in [0.1, 0.15) is 5.75 Å². The number of halogens is 1. The minimum atomic E-state index is -0.244. The van der Waals surface area contributed by atoms with E-state index in [-0.39, 0.29) is 11.8 Å². The number of thiophene rings is 1. The Kier molecular flexibility index (Phi) is 5.41. The molecule has 0 saturated carbocycles. The zero-order chi connectivity index (χ0) is 16.1. The van der Waals surface area contributed by atoms with Crippen molar-refractivity contribution in [1.82, 2.24) is 5.32 Å². The average Bonchev–Trinajstić information content (AvgIpc) is 2.96. The third-order valence-corrected chi connectivity index (χ3v) is 4.22. The van der Waals surface area contributed by atoms with Crippen LogP contribution in [0.25, 0.3) is 0 Å². The molecule has 1 heterocycles. The zero-order valence-electron chi connectivity index (χ0n) is 12.1. The normalized spacial score (nSPS) is 10.1. The van der Waals surface area contributed by atoms with Crippen LogP contribution >= 0.6 is 22.9 Å². The second kappa shape index (κ2) is 7.29. The van der Waals surface area contributed by atoms with E-state index < -0.39 is 0 Å². The molecule has 0 unspecified atom stereocenters. The molecule has 0 aliphatic rings. The van der Waals surface area contributed by atoms with Crippen LogP contribution in [0.4, 0.5) is 5.69 Å². The largest absolute Gasteiger partial charge is 0.497 e. The second-order valence-electron chi connectivity index (χ2n) is 4.48. The number of hydrogen-bond acceptors (Lipinski definition) is 4. The third kappa shape index (κ3) is 4.22. The number of benzene rings is 1. The summed E-state index contributed by atoms with van der Waals surface area (Å²) >= 11 is 7.41. The molecule has 2 amide bonds. The van der Waals surface area contributed by atoms with E-state index in [1.807, 2.05) is 6.07 Å². The summed E-state index contributed by atoms with van der Waals surface area (Å²) in [6.07, 6.45) is 0. The minimum absolute atomic E-state index is 0.107. The smallest absolute Gasteiger partial charge is 0.265 e. The zero-order valence-corrected chi connectivity index (χ0v) is 13.7. The van der Waals surface area contributed by atoms with Gasteiger partial charge in [-0.25, -0.2) is 0 Å². The van der Waals surface area contributed by atoms with Crippen molar-refractivity contribution in [3.05, 3.63) is 45.1 Å². The number of methoxy groups -OCH3 is 1. The number of hydrogen-bond donors (Lipinski definition) is 2. The van der Waals surface area contributed by atoms with Gasteiger partial charge < -0.3 is 15.4 Å². The van der Waals surface area contributed by atoms with Crippen molar-refractivity contribution in [2.45, 2.75) is 13.5 Å². The second-order valence-corrected chi connectivity index (χ2v) is 6.05. The molecule has 0 aliphatic carbocycles. The molecule has 0 atom stereocenters. The van der Waals surface area contributed by atoms with Gasteiger partial charge in [0.05, 0.1) is 29.2 Å². The third-order valence-electron chi connectivity index (χ3n) is 2.82. The number of amides is 2. The molecule has 7 heteroatoms. The standard InChI is InChI=1S/C15H15ClN2O3S/c1-9(19)17-8-11-4-6-14(22-11)15(20)18-13-5-3-10(21-2)7-12(13)16/h3-7H,8H2,1-2H3,(H,17,19)(H,18,20). The SMILES string of the molecule is COc1ccc(NC(=O)c2ccc(CNC(C)=O)s2)c(Cl)c1. The molecule has 2 aromatic rings. The van der Waals surface area contributed by atoms with Crippen molar-refractivity contribution in [1.29, 1.82) is 0 Å². The molecule has 1 aromatic carbocycles. The maximum absolute atomic E-state index is 12.2. The van der Waals surface area contributed by atoms with E-state index in [1.165, 1.54) is 18.3 Å². The van der Waals surface area contributed by atoms with E-state index >= 15 is 0 Å². The van der Waals surface area contributed by atoms with Gasteiger partial charge in [-0.3, -0.25) is 9.59 Å². The van der Waals surface area contributed by atoms with Gasteiger partial charge in [-0.2, -0.15) is 0 Å². The first kappa shape index (κ1) is 16.3. The highest BCUT2D eigenvalue weighted by atomic mass is 35.5. The summed E-state index contributed by atoms with van der Waals surface area (Å²) in [4.78, 5) is 24.5. The molecular formula is C15H15ClN2O3S. The van der Waals surface area contributed by atoms with Crippen LogP contribution in [0.2, 0.25) is 5.02 Å². The molecule has 0 spiro atoms. The monoisotopic (exact) mass is 338 g/mol. The molecule has 2 rings (SSSR count). The fourth-order valence-corrected chi connectivity index (χ4v) is 2.78. The van der Waals surface area contributed by atoms with Gasteiger partial charge >= 0.3 is 0 Å². The summed E-state index contributed by atoms with van der Waals surface area (Å²) in [5.41, 5.74) is 0.518. The number of carbonyl (C=O) groups excluding carboxylic acids is 2. The van der Waals surface area contributed by atoms with Gasteiger partial charge in [-0.1, -0.05) is 11.6 Å². The Hall–Kier alpha value is -2.05. The molecule has 0 aliphatic heterocycles. The van der Waals surface area contributed by atoms with Gasteiger partial charge in [-0.15, -0.1) is 11.3 Å². The van der Waals surface area contributed by atoms with E-state index in [0.29, 0.717) is 27.9 Å². The van der Waals surface area contributed by atoms with E-state index in [2.05, 4.69) is 10.6 Å². The first-order chi connectivity index (χ1) is 10.5. The molecular weight excluding hydrogens is 324 g/mol. The first-order valence-corrected chi connectivity index (χ1v) is 7.67. The molecule has 0 radical (unpaired) electrons. The maximum atomic E-state index is 12.2. The quantitative estimate of drug-likeness (QED) is 0.879. The van der Waals surface area contributed by atoms with Crippen molar-refractivity contribution in [3.63, 3.8) is 0 Å². The van der Waals surface area contributed by atoms with E-state index in [9.17, 15) is 9.59 Å². The van der Waals surface area contributed by atoms with Crippen molar-refractivity contribution in [2.24, 2.45) is 0 Å². The first-order valence-electron chi connectivity index (χ1n) is 6.47. The molecule has 1 aromatic heterocycles. The molecule has 116 valence electrons. The van der Waals surface area contributed by atoms with E-state index in [4.69, 9.17) is 16.3 Å². The van der Waals surface area contributed by atoms with E-state index in [1.54, 1.807) is 31.4 Å². The molecule has 0 fully saturated rings. The van der Waals surface area contributed by atoms with Crippen LogP contribution in [0.3, 0.4) is 0 Å². The van der Waals surface area contributed by atoms with Crippen LogP contribution in [-0.2, 0) is 11.3 Å². The highest BCUT2D eigenvalue weighted by Crippen LogP contribution is 2.27. The van der Waals surface area contributed by atoms with Gasteiger partial charge in [0.2, 0.25) is 5.91 Å². The Morgan fingerprint density at radius 3 is 2.68 bits per heavy atom. The summed E-state index contributed by atoms with van der Waals surface area (Å²) in [6.45, 7) is 1.86. The van der Waals surface area contributed by atoms with Crippen molar-refractivity contribution in [3.8, 4) is 5.75 Å². The number of anilines is 1. The predicted octanol–water partition coefficient (Wildman–Crippen LogP) is 3.30. The molecule has 2 N–H and O–H groups in total. The van der Waals surface area contributed by atoms with Crippen LogP contribution in [0, 0.1) is 0 Å². The van der Waals surface area contributed by atoms with E-state index in [0.717, 1.165) is 4.88 Å². The van der Waals surface area contributed by atoms with Crippen molar-refractivity contribution >= 4 is 40.4 Å². The van der Waals surface area contributed by atoms with Crippen LogP contribution in [0.1, 0.15) is 21.5 Å². The van der Waals surface area contributed by atoms with Gasteiger partial charge in [0, 0.05) is 17.9 Å². The lowest BCUT2D eigenvalue weighted by atomic mass is 10.3. The maximum Gasteiger partial charge on any atom is 0.265 e. The lowest BCUT2D eigenvalue weighted by molar-refractivity contribution is -0.119. The van der Waals surface area contributed by atoms with Gasteiger partial charge in [0.25, 0.3) is 5.91 Å². The predicted molar refractivity (Wildman–Crippen MR) is 87.8 cm³/mol. The Bertz CT molecular complexity index is 700. The summed E-state index contributed by atoms with van der Waals surface area (Å²) in [6, 6.07) is 8.57. The number of ether oxygens (including phenoxy) is 1. The van der Waals surface area contributed by atoms with Gasteiger partial charge in [-0.05, 0) is 24.3 Å². The van der Waals surface area contributed by atoms with Gasteiger partial charge in [0.15, 0.2) is 0 Å². The fourth-order valence-electron chi connectivity index (χ4n) is 1.71. The summed E-state index contributed by atoms with van der Waals surface area (Å²) < 4.78 is 5.06. The summed E-state index contributed by atoms with van der Waals surface area (Å²) in [5, 5.41) is 5.85. The van der Waals surface area contributed by atoms with Crippen LogP contribution in [0.15, 0.2) is 30.3 Å². The highest BCUT2D eigenvalue weighted by Gasteiger charge is 2.12. The fraction of sp³-hybridized carbons (Fsp3) is 0.200. The average molecular weight is 339 g/mol.